The van der Waals surface area contributed by atoms with Crippen LogP contribution in [0.3, 0.4) is 0 Å². The molecule has 0 saturated heterocycles. The highest BCUT2D eigenvalue weighted by Gasteiger charge is 2.45. The molecule has 0 aromatic heterocycles. The van der Waals surface area contributed by atoms with Crippen LogP contribution in [0.15, 0.2) is 60.7 Å². The summed E-state index contributed by atoms with van der Waals surface area (Å²) in [7, 11) is -4.22. The molecule has 3 aromatic carbocycles. The van der Waals surface area contributed by atoms with Crippen LogP contribution < -0.4 is 13.6 Å². The van der Waals surface area contributed by atoms with Crippen molar-refractivity contribution in [2.45, 2.75) is 16.6 Å². The van der Waals surface area contributed by atoms with E-state index in [0.717, 1.165) is 5.56 Å². The Morgan fingerprint density at radius 3 is 1.90 bits per heavy atom. The van der Waals surface area contributed by atoms with Crippen LogP contribution in [0, 0.1) is 6.92 Å². The van der Waals surface area contributed by atoms with Crippen molar-refractivity contribution < 1.29 is 18.1 Å². The Hall–Kier alpha value is -1.26. The van der Waals surface area contributed by atoms with Gasteiger partial charge in [-0.05, 0) is 61.0 Å². The summed E-state index contributed by atoms with van der Waals surface area (Å²) in [5.41, 5.74) is 1.70. The second-order valence-electron chi connectivity index (χ2n) is 6.88. The minimum absolute atomic E-state index is 0.141. The second kappa shape index (κ2) is 8.59. The van der Waals surface area contributed by atoms with Gasteiger partial charge in [0.25, 0.3) is 0 Å². The predicted octanol–water partition coefficient (Wildman–Crippen LogP) is 8.76. The summed E-state index contributed by atoms with van der Waals surface area (Å²) >= 11 is 31.5. The highest BCUT2D eigenvalue weighted by Crippen LogP contribution is 2.59. The molecule has 0 N–H and O–H groups in total. The van der Waals surface area contributed by atoms with Crippen LogP contribution in [0.1, 0.15) is 22.6 Å². The van der Waals surface area contributed by atoms with Crippen molar-refractivity contribution in [3.8, 4) is 17.2 Å². The molecule has 0 bridgehead atoms. The van der Waals surface area contributed by atoms with Gasteiger partial charge < -0.3 is 13.6 Å². The molecule has 1 aliphatic heterocycles. The average molecular weight is 539 g/mol. The summed E-state index contributed by atoms with van der Waals surface area (Å²) < 4.78 is 29.1. The van der Waals surface area contributed by atoms with Crippen LogP contribution in [0.2, 0.25) is 10.0 Å². The predicted molar refractivity (Wildman–Crippen MR) is 126 cm³/mol. The Kier molecular flexibility index (Phi) is 6.35. The van der Waals surface area contributed by atoms with Crippen molar-refractivity contribution in [1.82, 2.24) is 0 Å². The third kappa shape index (κ3) is 5.06. The minimum Gasteiger partial charge on any atom is -0.386 e. The molecule has 0 aliphatic carbocycles. The number of aryl methyl sites for hydroxylation is 1. The van der Waals surface area contributed by atoms with Crippen LogP contribution >= 0.6 is 65.8 Å². The lowest BCUT2D eigenvalue weighted by Gasteiger charge is -2.32. The zero-order valence-corrected chi connectivity index (χ0v) is 20.5. The van der Waals surface area contributed by atoms with Gasteiger partial charge in [0.2, 0.25) is 3.79 Å². The van der Waals surface area contributed by atoms with Crippen LogP contribution in [0.5, 0.6) is 17.2 Å². The Morgan fingerprint density at radius 1 is 0.871 bits per heavy atom. The minimum atomic E-state index is -4.22. The molecule has 10 heteroatoms. The summed E-state index contributed by atoms with van der Waals surface area (Å²) in [5, 5.41) is 0.752. The van der Waals surface area contributed by atoms with Gasteiger partial charge in [0.15, 0.2) is 0 Å². The topological polar surface area (TPSA) is 44.8 Å². The molecule has 1 heterocycles. The number of phosphoric ester groups is 1. The first-order chi connectivity index (χ1) is 14.5. The summed E-state index contributed by atoms with van der Waals surface area (Å²) in [6, 6.07) is 16.3. The monoisotopic (exact) mass is 536 g/mol. The third-order valence-corrected chi connectivity index (χ3v) is 6.92. The van der Waals surface area contributed by atoms with Gasteiger partial charge in [-0.3, -0.25) is 0 Å². The van der Waals surface area contributed by atoms with Gasteiger partial charge in [0, 0.05) is 21.2 Å². The number of rotatable bonds is 2. The van der Waals surface area contributed by atoms with E-state index in [-0.39, 0.29) is 11.5 Å². The fourth-order valence-electron chi connectivity index (χ4n) is 3.27. The van der Waals surface area contributed by atoms with Crippen LogP contribution in [-0.4, -0.2) is 3.79 Å². The molecule has 162 valence electrons. The van der Waals surface area contributed by atoms with E-state index in [2.05, 4.69) is 0 Å². The Bertz CT molecular complexity index is 1140. The van der Waals surface area contributed by atoms with Crippen molar-refractivity contribution in [2.75, 3.05) is 0 Å². The number of benzene rings is 3. The van der Waals surface area contributed by atoms with Crippen molar-refractivity contribution in [2.24, 2.45) is 0 Å². The van der Waals surface area contributed by atoms with Gasteiger partial charge >= 0.3 is 7.82 Å². The van der Waals surface area contributed by atoms with Gasteiger partial charge in [-0.2, -0.15) is 4.57 Å². The van der Waals surface area contributed by atoms with Crippen molar-refractivity contribution in [3.05, 3.63) is 87.4 Å². The van der Waals surface area contributed by atoms with Crippen molar-refractivity contribution >= 4 is 65.8 Å². The molecule has 4 nitrogen and oxygen atoms in total. The van der Waals surface area contributed by atoms with Crippen molar-refractivity contribution in [1.29, 1.82) is 0 Å². The molecule has 0 atom stereocenters. The number of hydrogen-bond donors (Lipinski definition) is 0. The lowest BCUT2D eigenvalue weighted by Crippen LogP contribution is -2.23. The number of fused-ring (bicyclic) bond motifs is 2. The molecule has 1 aliphatic rings. The maximum Gasteiger partial charge on any atom is 0.647 e. The molecule has 0 spiro atoms. The highest BCUT2D eigenvalue weighted by molar-refractivity contribution is 7.49. The van der Waals surface area contributed by atoms with Gasteiger partial charge in [-0.15, -0.1) is 0 Å². The van der Waals surface area contributed by atoms with E-state index in [1.54, 1.807) is 42.5 Å². The SMILES string of the molecule is Cc1cccc(OP2(=O)Oc3ccc(Cl)cc3C(C(Cl)(Cl)Cl)c3cc(Cl)ccc3O2)c1. The van der Waals surface area contributed by atoms with Crippen LogP contribution in [0.25, 0.3) is 0 Å². The Morgan fingerprint density at radius 2 is 1.42 bits per heavy atom. The normalized spacial score (nSPS) is 20.4. The molecule has 3 aromatic rings. The first kappa shape index (κ1) is 22.9. The summed E-state index contributed by atoms with van der Waals surface area (Å²) in [6.07, 6.45) is 0. The molecule has 0 radical (unpaired) electrons. The molecule has 4 rings (SSSR count). The lowest BCUT2D eigenvalue weighted by atomic mass is 9.91. The summed E-state index contributed by atoms with van der Waals surface area (Å²) in [6.45, 7) is 1.88. The number of alkyl halides is 3. The molecule has 0 fully saturated rings. The number of hydrogen-bond acceptors (Lipinski definition) is 4. The zero-order valence-electron chi connectivity index (χ0n) is 15.8. The van der Waals surface area contributed by atoms with E-state index in [1.165, 1.54) is 12.1 Å². The van der Waals surface area contributed by atoms with E-state index in [4.69, 9.17) is 71.6 Å². The first-order valence-electron chi connectivity index (χ1n) is 8.95. The Labute approximate surface area is 204 Å². The quantitative estimate of drug-likeness (QED) is 0.242. The molecular weight excluding hydrogens is 524 g/mol. The number of phosphoric acid groups is 1. The molecule has 31 heavy (non-hydrogen) atoms. The van der Waals surface area contributed by atoms with E-state index < -0.39 is 17.5 Å². The molecule has 0 amide bonds. The van der Waals surface area contributed by atoms with Crippen LogP contribution in [-0.2, 0) is 4.57 Å². The molecule has 0 saturated carbocycles. The van der Waals surface area contributed by atoms with Gasteiger partial charge in [-0.25, -0.2) is 0 Å². The van der Waals surface area contributed by atoms with Gasteiger partial charge in [0.1, 0.15) is 17.2 Å². The van der Waals surface area contributed by atoms with Gasteiger partial charge in [0.05, 0.1) is 5.92 Å². The smallest absolute Gasteiger partial charge is 0.386 e. The summed E-state index contributed by atoms with van der Waals surface area (Å²) in [4.78, 5) is 0. The Balaban J connectivity index is 1.92. The fourth-order valence-corrected chi connectivity index (χ4v) is 5.64. The van der Waals surface area contributed by atoms with E-state index >= 15 is 0 Å². The van der Waals surface area contributed by atoms with Crippen LogP contribution in [0.4, 0.5) is 0 Å². The average Bonchev–Trinajstić information content (AvgIpc) is 2.64. The zero-order chi connectivity index (χ0) is 22.4. The van der Waals surface area contributed by atoms with E-state index in [1.807, 2.05) is 13.0 Å². The molecule has 0 unspecified atom stereocenters. The maximum absolute atomic E-state index is 13.7. The van der Waals surface area contributed by atoms with E-state index in [9.17, 15) is 4.57 Å². The standard InChI is InChI=1S/C21H14Cl5O4P/c1-12-3-2-4-15(9-12)28-31(27)29-18-7-5-13(22)10-16(18)20(21(24,25)26)17-11-14(23)6-8-19(17)30-31/h2-11,20H,1H3. The summed E-state index contributed by atoms with van der Waals surface area (Å²) in [5.74, 6) is -0.287. The van der Waals surface area contributed by atoms with Gasteiger partial charge in [-0.1, -0.05) is 70.1 Å². The maximum atomic E-state index is 13.7. The fraction of sp³-hybridized carbons (Fsp3) is 0.143. The van der Waals surface area contributed by atoms with E-state index in [0.29, 0.717) is 26.9 Å². The lowest BCUT2D eigenvalue weighted by molar-refractivity contribution is 0.292. The second-order valence-corrected chi connectivity index (χ2v) is 11.6. The molecular formula is C21H14Cl5O4P. The largest absolute Gasteiger partial charge is 0.647 e. The van der Waals surface area contributed by atoms with Crippen molar-refractivity contribution in [3.63, 3.8) is 0 Å². The highest BCUT2D eigenvalue weighted by atomic mass is 35.6. The number of halogens is 5. The first-order valence-corrected chi connectivity index (χ1v) is 12.3. The third-order valence-electron chi connectivity index (χ3n) is 4.52.